The Morgan fingerprint density at radius 1 is 1.23 bits per heavy atom. The van der Waals surface area contributed by atoms with Gasteiger partial charge in [0.25, 0.3) is 0 Å². The summed E-state index contributed by atoms with van der Waals surface area (Å²) in [5.41, 5.74) is 1.75. The van der Waals surface area contributed by atoms with Crippen molar-refractivity contribution in [3.63, 3.8) is 0 Å². The van der Waals surface area contributed by atoms with E-state index in [1.807, 2.05) is 13.8 Å². The largest absolute Gasteiger partial charge is 0.465 e. The minimum atomic E-state index is 0.657. The van der Waals surface area contributed by atoms with Gasteiger partial charge in [-0.25, -0.2) is 0 Å². The molecule has 0 saturated heterocycles. The number of allylic oxidation sites excluding steroid dienone is 1. The Kier molecular flexibility index (Phi) is 3.26. The predicted molar refractivity (Wildman–Crippen MR) is 51.9 cm³/mol. The molecule has 0 radical (unpaired) electrons. The van der Waals surface area contributed by atoms with E-state index in [1.54, 1.807) is 30.5 Å². The third-order valence-electron chi connectivity index (χ3n) is 1.45. The van der Waals surface area contributed by atoms with E-state index in [0.29, 0.717) is 5.56 Å². The number of ether oxygens (including phenoxy) is 1. The summed E-state index contributed by atoms with van der Waals surface area (Å²) in [5.74, 6) is 0.742. The first-order chi connectivity index (χ1) is 6.22. The summed E-state index contributed by atoms with van der Waals surface area (Å²) >= 11 is 0. The lowest BCUT2D eigenvalue weighted by Gasteiger charge is -2.00. The van der Waals surface area contributed by atoms with Crippen molar-refractivity contribution in [3.8, 4) is 5.75 Å². The number of aldehydes is 1. The first-order valence-electron chi connectivity index (χ1n) is 4.07. The molecular weight excluding hydrogens is 164 g/mol. The highest BCUT2D eigenvalue weighted by Crippen LogP contribution is 2.11. The van der Waals surface area contributed by atoms with Crippen LogP contribution in [-0.4, -0.2) is 6.29 Å². The molecule has 0 atom stereocenters. The highest BCUT2D eigenvalue weighted by atomic mass is 16.5. The number of hydrogen-bond donors (Lipinski definition) is 0. The van der Waals surface area contributed by atoms with Crippen molar-refractivity contribution in [2.24, 2.45) is 0 Å². The fraction of sp³-hybridized carbons (Fsp3) is 0.182. The Bertz CT molecular complexity index is 305. The van der Waals surface area contributed by atoms with Gasteiger partial charge < -0.3 is 4.74 Å². The molecule has 0 aliphatic carbocycles. The average Bonchev–Trinajstić information content (AvgIpc) is 2.15. The Hall–Kier alpha value is -1.57. The van der Waals surface area contributed by atoms with Gasteiger partial charge in [0, 0.05) is 5.56 Å². The summed E-state index contributed by atoms with van der Waals surface area (Å²) in [6, 6.07) is 6.98. The van der Waals surface area contributed by atoms with Gasteiger partial charge in [-0.15, -0.1) is 0 Å². The van der Waals surface area contributed by atoms with E-state index in [0.717, 1.165) is 17.6 Å². The maximum Gasteiger partial charge on any atom is 0.150 e. The fourth-order valence-corrected chi connectivity index (χ4v) is 0.811. The zero-order valence-corrected chi connectivity index (χ0v) is 7.78. The van der Waals surface area contributed by atoms with Crippen LogP contribution in [0.3, 0.4) is 0 Å². The number of carbonyl (C=O) groups excluding carboxylic acids is 1. The monoisotopic (exact) mass is 176 g/mol. The topological polar surface area (TPSA) is 26.3 Å². The number of benzene rings is 1. The molecule has 0 heterocycles. The molecule has 0 unspecified atom stereocenters. The van der Waals surface area contributed by atoms with Crippen molar-refractivity contribution in [2.45, 2.75) is 13.8 Å². The summed E-state index contributed by atoms with van der Waals surface area (Å²) in [6.07, 6.45) is 2.49. The van der Waals surface area contributed by atoms with E-state index < -0.39 is 0 Å². The van der Waals surface area contributed by atoms with Crippen LogP contribution in [0.4, 0.5) is 0 Å². The molecular formula is C11H12O2. The lowest BCUT2D eigenvalue weighted by Crippen LogP contribution is -1.84. The van der Waals surface area contributed by atoms with Gasteiger partial charge >= 0.3 is 0 Å². The number of carbonyl (C=O) groups is 1. The second kappa shape index (κ2) is 4.45. The SMILES string of the molecule is CC(C)=COc1ccc(C=O)cc1. The molecule has 68 valence electrons. The first-order valence-corrected chi connectivity index (χ1v) is 4.07. The third kappa shape index (κ3) is 3.11. The summed E-state index contributed by atoms with van der Waals surface area (Å²) in [4.78, 5) is 10.3. The molecule has 1 aromatic carbocycles. The van der Waals surface area contributed by atoms with Gasteiger partial charge in [-0.05, 0) is 43.7 Å². The third-order valence-corrected chi connectivity index (χ3v) is 1.45. The Labute approximate surface area is 77.8 Å². The van der Waals surface area contributed by atoms with E-state index in [9.17, 15) is 4.79 Å². The van der Waals surface area contributed by atoms with Crippen LogP contribution < -0.4 is 4.74 Å². The van der Waals surface area contributed by atoms with Crippen LogP contribution in [-0.2, 0) is 0 Å². The van der Waals surface area contributed by atoms with Crippen molar-refractivity contribution >= 4 is 6.29 Å². The van der Waals surface area contributed by atoms with Gasteiger partial charge in [0.15, 0.2) is 0 Å². The first kappa shape index (κ1) is 9.52. The van der Waals surface area contributed by atoms with Crippen LogP contribution in [0.1, 0.15) is 24.2 Å². The molecule has 1 aromatic rings. The summed E-state index contributed by atoms with van der Waals surface area (Å²) in [7, 11) is 0. The van der Waals surface area contributed by atoms with Crippen LogP contribution in [0.25, 0.3) is 0 Å². The van der Waals surface area contributed by atoms with Crippen molar-refractivity contribution in [1.29, 1.82) is 0 Å². The number of hydrogen-bond acceptors (Lipinski definition) is 2. The molecule has 0 amide bonds. The molecule has 2 nitrogen and oxygen atoms in total. The Morgan fingerprint density at radius 2 is 1.85 bits per heavy atom. The van der Waals surface area contributed by atoms with Crippen LogP contribution in [0.5, 0.6) is 5.75 Å². The second-order valence-electron chi connectivity index (χ2n) is 3.00. The van der Waals surface area contributed by atoms with Crippen molar-refractivity contribution in [3.05, 3.63) is 41.7 Å². The van der Waals surface area contributed by atoms with E-state index in [2.05, 4.69) is 0 Å². The van der Waals surface area contributed by atoms with Gasteiger partial charge in [-0.3, -0.25) is 4.79 Å². The molecule has 0 aromatic heterocycles. The molecule has 0 aliphatic heterocycles. The molecule has 0 bridgehead atoms. The molecule has 1 rings (SSSR count). The van der Waals surface area contributed by atoms with E-state index in [-0.39, 0.29) is 0 Å². The van der Waals surface area contributed by atoms with Gasteiger partial charge in [0.2, 0.25) is 0 Å². The lowest BCUT2D eigenvalue weighted by molar-refractivity contribution is 0.112. The van der Waals surface area contributed by atoms with Gasteiger partial charge in [0.05, 0.1) is 6.26 Å². The van der Waals surface area contributed by atoms with Crippen molar-refractivity contribution < 1.29 is 9.53 Å². The molecule has 0 fully saturated rings. The Morgan fingerprint density at radius 3 is 2.31 bits per heavy atom. The van der Waals surface area contributed by atoms with Crippen LogP contribution in [0.15, 0.2) is 36.1 Å². The molecule has 2 heteroatoms. The van der Waals surface area contributed by atoms with E-state index >= 15 is 0 Å². The molecule has 0 saturated carbocycles. The van der Waals surface area contributed by atoms with E-state index in [1.165, 1.54) is 0 Å². The lowest BCUT2D eigenvalue weighted by atomic mass is 10.2. The van der Waals surface area contributed by atoms with Crippen LogP contribution in [0.2, 0.25) is 0 Å². The van der Waals surface area contributed by atoms with Gasteiger partial charge in [-0.2, -0.15) is 0 Å². The molecule has 0 aliphatic rings. The van der Waals surface area contributed by atoms with E-state index in [4.69, 9.17) is 4.74 Å². The van der Waals surface area contributed by atoms with Crippen molar-refractivity contribution in [2.75, 3.05) is 0 Å². The average molecular weight is 176 g/mol. The van der Waals surface area contributed by atoms with Crippen LogP contribution in [0, 0.1) is 0 Å². The summed E-state index contributed by atoms with van der Waals surface area (Å²) < 4.78 is 5.29. The van der Waals surface area contributed by atoms with Crippen LogP contribution >= 0.6 is 0 Å². The maximum atomic E-state index is 10.3. The molecule has 0 spiro atoms. The second-order valence-corrected chi connectivity index (χ2v) is 3.00. The minimum absolute atomic E-state index is 0.657. The van der Waals surface area contributed by atoms with Crippen molar-refractivity contribution in [1.82, 2.24) is 0 Å². The predicted octanol–water partition coefficient (Wildman–Crippen LogP) is 2.80. The summed E-state index contributed by atoms with van der Waals surface area (Å²) in [6.45, 7) is 3.92. The highest BCUT2D eigenvalue weighted by Gasteiger charge is 1.91. The number of rotatable bonds is 3. The quantitative estimate of drug-likeness (QED) is 0.523. The molecule has 13 heavy (non-hydrogen) atoms. The highest BCUT2D eigenvalue weighted by molar-refractivity contribution is 5.74. The maximum absolute atomic E-state index is 10.3. The standard InChI is InChI=1S/C11H12O2/c1-9(2)8-13-11-5-3-10(7-12)4-6-11/h3-8H,1-2H3. The summed E-state index contributed by atoms with van der Waals surface area (Å²) in [5, 5.41) is 0. The van der Waals surface area contributed by atoms with Gasteiger partial charge in [0.1, 0.15) is 12.0 Å². The van der Waals surface area contributed by atoms with Gasteiger partial charge in [-0.1, -0.05) is 0 Å². The molecule has 0 N–H and O–H groups in total. The zero-order chi connectivity index (χ0) is 9.68. The smallest absolute Gasteiger partial charge is 0.150 e. The Balaban J connectivity index is 2.69. The fourth-order valence-electron chi connectivity index (χ4n) is 0.811. The zero-order valence-electron chi connectivity index (χ0n) is 7.78. The minimum Gasteiger partial charge on any atom is -0.465 e. The normalized spacial score (nSPS) is 9.08.